The Labute approximate surface area is 116 Å². The van der Waals surface area contributed by atoms with Crippen molar-refractivity contribution in [2.75, 3.05) is 19.8 Å². The normalized spacial score (nSPS) is 22.3. The number of rotatable bonds is 3. The Bertz CT molecular complexity index is 454. The third kappa shape index (κ3) is 3.28. The lowest BCUT2D eigenvalue weighted by Crippen LogP contribution is -2.51. The fourth-order valence-electron chi connectivity index (χ4n) is 2.65. The fourth-order valence-corrected chi connectivity index (χ4v) is 2.65. The molecule has 1 aromatic rings. The molecule has 1 heterocycles. The first-order valence-corrected chi connectivity index (χ1v) is 7.02. The number of ether oxygens (including phenoxy) is 2. The summed E-state index contributed by atoms with van der Waals surface area (Å²) in [5.41, 5.74) is 3.79. The smallest absolute Gasteiger partial charge is 0.122 e. The van der Waals surface area contributed by atoms with Gasteiger partial charge in [0.05, 0.1) is 25.9 Å². The zero-order chi connectivity index (χ0) is 14.0. The van der Waals surface area contributed by atoms with Crippen LogP contribution < -0.4 is 10.1 Å². The molecule has 1 atom stereocenters. The van der Waals surface area contributed by atoms with Gasteiger partial charge in [0, 0.05) is 5.54 Å². The molecule has 2 rings (SSSR count). The maximum Gasteiger partial charge on any atom is 0.122 e. The fraction of sp³-hybridized carbons (Fsp3) is 0.625. The topological polar surface area (TPSA) is 30.5 Å². The van der Waals surface area contributed by atoms with E-state index in [1.807, 2.05) is 6.92 Å². The highest BCUT2D eigenvalue weighted by atomic mass is 16.5. The Morgan fingerprint density at radius 1 is 1.32 bits per heavy atom. The van der Waals surface area contributed by atoms with Gasteiger partial charge in [0.1, 0.15) is 5.75 Å². The van der Waals surface area contributed by atoms with Gasteiger partial charge >= 0.3 is 0 Å². The standard InChI is InChI=1S/C16H25NO2/c1-6-19-15-8-11(2)13(7-12(15)3)14-9-18-10-16(4,5)17-14/h7-8,14,17H,6,9-10H2,1-5H3. The monoisotopic (exact) mass is 263 g/mol. The summed E-state index contributed by atoms with van der Waals surface area (Å²) in [5.74, 6) is 0.986. The van der Waals surface area contributed by atoms with E-state index >= 15 is 0 Å². The minimum absolute atomic E-state index is 0.0296. The highest BCUT2D eigenvalue weighted by Gasteiger charge is 2.29. The average Bonchev–Trinajstić information content (AvgIpc) is 2.32. The second-order valence-electron chi connectivity index (χ2n) is 6.00. The molecule has 106 valence electrons. The third-order valence-electron chi connectivity index (χ3n) is 3.55. The largest absolute Gasteiger partial charge is 0.494 e. The molecular weight excluding hydrogens is 238 g/mol. The zero-order valence-corrected chi connectivity index (χ0v) is 12.7. The Hall–Kier alpha value is -1.06. The van der Waals surface area contributed by atoms with E-state index in [1.54, 1.807) is 0 Å². The predicted octanol–water partition coefficient (Wildman–Crippen LogP) is 3.14. The number of benzene rings is 1. The van der Waals surface area contributed by atoms with Crippen LogP contribution in [0.2, 0.25) is 0 Å². The van der Waals surface area contributed by atoms with Gasteiger partial charge < -0.3 is 14.8 Å². The summed E-state index contributed by atoms with van der Waals surface area (Å²) in [5, 5.41) is 3.66. The summed E-state index contributed by atoms with van der Waals surface area (Å²) in [4.78, 5) is 0. The predicted molar refractivity (Wildman–Crippen MR) is 77.9 cm³/mol. The van der Waals surface area contributed by atoms with Crippen LogP contribution in [0, 0.1) is 13.8 Å². The van der Waals surface area contributed by atoms with Crippen LogP contribution in [0.3, 0.4) is 0 Å². The molecule has 0 radical (unpaired) electrons. The van der Waals surface area contributed by atoms with Crippen LogP contribution in [-0.2, 0) is 4.74 Å². The lowest BCUT2D eigenvalue weighted by atomic mass is 9.94. The SMILES string of the molecule is CCOc1cc(C)c(C2COCC(C)(C)N2)cc1C. The summed E-state index contributed by atoms with van der Waals surface area (Å²) < 4.78 is 11.4. The molecule has 0 aromatic heterocycles. The van der Waals surface area contributed by atoms with Crippen LogP contribution in [-0.4, -0.2) is 25.4 Å². The van der Waals surface area contributed by atoms with Gasteiger partial charge in [-0.2, -0.15) is 0 Å². The molecule has 1 N–H and O–H groups in total. The molecule has 19 heavy (non-hydrogen) atoms. The zero-order valence-electron chi connectivity index (χ0n) is 12.7. The van der Waals surface area contributed by atoms with Crippen molar-refractivity contribution in [2.24, 2.45) is 0 Å². The summed E-state index contributed by atoms with van der Waals surface area (Å²) in [6.45, 7) is 12.8. The van der Waals surface area contributed by atoms with Crippen molar-refractivity contribution in [1.29, 1.82) is 0 Å². The van der Waals surface area contributed by atoms with E-state index in [2.05, 4.69) is 45.1 Å². The van der Waals surface area contributed by atoms with E-state index in [-0.39, 0.29) is 11.6 Å². The minimum atomic E-state index is 0.0296. The quantitative estimate of drug-likeness (QED) is 0.908. The maximum atomic E-state index is 5.73. The molecule has 1 fully saturated rings. The van der Waals surface area contributed by atoms with Crippen LogP contribution in [0.15, 0.2) is 12.1 Å². The summed E-state index contributed by atoms with van der Waals surface area (Å²) >= 11 is 0. The molecule has 1 saturated heterocycles. The minimum Gasteiger partial charge on any atom is -0.494 e. The third-order valence-corrected chi connectivity index (χ3v) is 3.55. The molecule has 1 aliphatic rings. The van der Waals surface area contributed by atoms with Gasteiger partial charge in [0.25, 0.3) is 0 Å². The van der Waals surface area contributed by atoms with E-state index in [0.717, 1.165) is 19.0 Å². The molecule has 1 aliphatic heterocycles. The van der Waals surface area contributed by atoms with Crippen molar-refractivity contribution >= 4 is 0 Å². The second-order valence-corrected chi connectivity index (χ2v) is 6.00. The highest BCUT2D eigenvalue weighted by molar-refractivity contribution is 5.43. The molecule has 3 nitrogen and oxygen atoms in total. The van der Waals surface area contributed by atoms with Gasteiger partial charge in [0.2, 0.25) is 0 Å². The first kappa shape index (κ1) is 14.4. The van der Waals surface area contributed by atoms with Crippen LogP contribution in [0.5, 0.6) is 5.75 Å². The van der Waals surface area contributed by atoms with E-state index in [0.29, 0.717) is 6.61 Å². The Morgan fingerprint density at radius 2 is 2.05 bits per heavy atom. The van der Waals surface area contributed by atoms with Gasteiger partial charge in [-0.05, 0) is 57.4 Å². The molecule has 0 amide bonds. The van der Waals surface area contributed by atoms with Gasteiger partial charge in [-0.15, -0.1) is 0 Å². The molecule has 0 saturated carbocycles. The number of hydrogen-bond donors (Lipinski definition) is 1. The van der Waals surface area contributed by atoms with Gasteiger partial charge in [-0.3, -0.25) is 0 Å². The lowest BCUT2D eigenvalue weighted by molar-refractivity contribution is 0.0125. The molecule has 3 heteroatoms. The number of nitrogens with one attached hydrogen (secondary N) is 1. The summed E-state index contributed by atoms with van der Waals surface area (Å²) in [6.07, 6.45) is 0. The molecule has 0 aliphatic carbocycles. The first-order valence-electron chi connectivity index (χ1n) is 7.02. The van der Waals surface area contributed by atoms with Crippen molar-refractivity contribution < 1.29 is 9.47 Å². The number of hydrogen-bond acceptors (Lipinski definition) is 3. The van der Waals surface area contributed by atoms with Crippen LogP contribution in [0.25, 0.3) is 0 Å². The Morgan fingerprint density at radius 3 is 2.68 bits per heavy atom. The molecule has 1 unspecified atom stereocenters. The van der Waals surface area contributed by atoms with E-state index in [9.17, 15) is 0 Å². The summed E-state index contributed by atoms with van der Waals surface area (Å²) in [6, 6.07) is 4.62. The van der Waals surface area contributed by atoms with E-state index in [1.165, 1.54) is 16.7 Å². The maximum absolute atomic E-state index is 5.73. The van der Waals surface area contributed by atoms with Gasteiger partial charge in [-0.25, -0.2) is 0 Å². The van der Waals surface area contributed by atoms with E-state index in [4.69, 9.17) is 9.47 Å². The average molecular weight is 263 g/mol. The van der Waals surface area contributed by atoms with Crippen LogP contribution in [0.1, 0.15) is 43.5 Å². The van der Waals surface area contributed by atoms with Crippen LogP contribution >= 0.6 is 0 Å². The van der Waals surface area contributed by atoms with Crippen molar-refractivity contribution in [3.8, 4) is 5.75 Å². The van der Waals surface area contributed by atoms with Gasteiger partial charge in [0.15, 0.2) is 0 Å². The van der Waals surface area contributed by atoms with Gasteiger partial charge in [-0.1, -0.05) is 6.07 Å². The van der Waals surface area contributed by atoms with Crippen molar-refractivity contribution in [3.63, 3.8) is 0 Å². The first-order chi connectivity index (χ1) is 8.93. The highest BCUT2D eigenvalue weighted by Crippen LogP contribution is 2.30. The van der Waals surface area contributed by atoms with Crippen molar-refractivity contribution in [2.45, 2.75) is 46.2 Å². The number of aryl methyl sites for hydroxylation is 2. The van der Waals surface area contributed by atoms with Crippen LogP contribution in [0.4, 0.5) is 0 Å². The Kier molecular flexibility index (Phi) is 4.16. The molecule has 0 bridgehead atoms. The molecule has 0 spiro atoms. The lowest BCUT2D eigenvalue weighted by Gasteiger charge is -2.38. The molecule has 1 aromatic carbocycles. The molecular formula is C16H25NO2. The summed E-state index contributed by atoms with van der Waals surface area (Å²) in [7, 11) is 0. The van der Waals surface area contributed by atoms with Crippen molar-refractivity contribution in [1.82, 2.24) is 5.32 Å². The Balaban J connectivity index is 2.27. The van der Waals surface area contributed by atoms with Crippen molar-refractivity contribution in [3.05, 3.63) is 28.8 Å². The number of morpholine rings is 1. The second kappa shape index (κ2) is 5.51. The van der Waals surface area contributed by atoms with E-state index < -0.39 is 0 Å².